The molecule has 0 radical (unpaired) electrons. The van der Waals surface area contributed by atoms with Crippen LogP contribution in [0.4, 0.5) is 0 Å². The minimum absolute atomic E-state index is 0.964. The Morgan fingerprint density at radius 3 is 1.93 bits per heavy atom. The van der Waals surface area contributed by atoms with Crippen molar-refractivity contribution < 1.29 is 0 Å². The summed E-state index contributed by atoms with van der Waals surface area (Å²) in [6, 6.07) is 64.0. The largest absolute Gasteiger partial charge is 0.309 e. The Morgan fingerprint density at radius 1 is 0.382 bits per heavy atom. The van der Waals surface area contributed by atoms with Gasteiger partial charge in [-0.3, -0.25) is 4.57 Å². The van der Waals surface area contributed by atoms with Gasteiger partial charge >= 0.3 is 0 Å². The van der Waals surface area contributed by atoms with Crippen molar-refractivity contribution in [1.82, 2.24) is 18.5 Å². The van der Waals surface area contributed by atoms with Crippen molar-refractivity contribution >= 4 is 92.6 Å². The highest BCUT2D eigenvalue weighted by molar-refractivity contribution is 6.33. The van der Waals surface area contributed by atoms with E-state index < -0.39 is 0 Å². The van der Waals surface area contributed by atoms with Gasteiger partial charge in [0.15, 0.2) is 0 Å². The minimum atomic E-state index is 0.964. The highest BCUT2D eigenvalue weighted by Crippen LogP contribution is 2.46. The van der Waals surface area contributed by atoms with Gasteiger partial charge in [0.2, 0.25) is 0 Å². The molecule has 0 aliphatic heterocycles. The second kappa shape index (κ2) is 10.6. The fraction of sp³-hybridized carbons (Fsp3) is 0. The maximum Gasteiger partial charge on any atom is 0.146 e. The molecule has 4 heteroatoms. The third kappa shape index (κ3) is 3.73. The normalized spacial score (nSPS) is 12.4. The average molecular weight is 699 g/mol. The van der Waals surface area contributed by atoms with Gasteiger partial charge in [0, 0.05) is 59.7 Å². The lowest BCUT2D eigenvalue weighted by Crippen LogP contribution is -1.98. The van der Waals surface area contributed by atoms with Crippen LogP contribution in [0.3, 0.4) is 0 Å². The lowest BCUT2D eigenvalue weighted by molar-refractivity contribution is 1.14. The van der Waals surface area contributed by atoms with Crippen LogP contribution in [0, 0.1) is 0 Å². The Morgan fingerprint density at radius 2 is 1.04 bits per heavy atom. The monoisotopic (exact) mass is 698 g/mol. The molecule has 0 saturated heterocycles. The molecule has 0 saturated carbocycles. The van der Waals surface area contributed by atoms with Crippen LogP contribution in [0.15, 0.2) is 182 Å². The maximum absolute atomic E-state index is 5.40. The van der Waals surface area contributed by atoms with Gasteiger partial charge in [0.25, 0.3) is 0 Å². The van der Waals surface area contributed by atoms with Crippen molar-refractivity contribution in [2.24, 2.45) is 0 Å². The van der Waals surface area contributed by atoms with Crippen molar-refractivity contribution in [3.63, 3.8) is 0 Å². The zero-order valence-electron chi connectivity index (χ0n) is 29.6. The van der Waals surface area contributed by atoms with Crippen LogP contribution < -0.4 is 0 Å². The second-order valence-electron chi connectivity index (χ2n) is 14.7. The van der Waals surface area contributed by atoms with Crippen LogP contribution in [-0.4, -0.2) is 18.5 Å². The molecule has 13 rings (SSSR count). The number of rotatable bonds is 3. The molecular formula is C51H30N4. The topological polar surface area (TPSA) is 27.2 Å². The van der Waals surface area contributed by atoms with E-state index in [1.807, 2.05) is 0 Å². The fourth-order valence-corrected chi connectivity index (χ4v) is 9.77. The molecule has 0 amide bonds. The molecule has 0 atom stereocenters. The number of pyridine rings is 1. The Hall–Kier alpha value is -7.43. The highest BCUT2D eigenvalue weighted by atomic mass is 15.1. The summed E-state index contributed by atoms with van der Waals surface area (Å²) in [5, 5.41) is 12.4. The quantitative estimate of drug-likeness (QED) is 0.180. The molecule has 8 aromatic carbocycles. The van der Waals surface area contributed by atoms with E-state index >= 15 is 0 Å². The smallest absolute Gasteiger partial charge is 0.146 e. The van der Waals surface area contributed by atoms with E-state index in [-0.39, 0.29) is 0 Å². The summed E-state index contributed by atoms with van der Waals surface area (Å²) < 4.78 is 7.24. The molecule has 0 bridgehead atoms. The summed E-state index contributed by atoms with van der Waals surface area (Å²) in [7, 11) is 0. The van der Waals surface area contributed by atoms with Gasteiger partial charge in [0.1, 0.15) is 5.65 Å². The van der Waals surface area contributed by atoms with Crippen LogP contribution in [-0.2, 0) is 0 Å². The Kier molecular flexibility index (Phi) is 5.60. The summed E-state index contributed by atoms with van der Waals surface area (Å²) in [6.45, 7) is 0. The van der Waals surface area contributed by atoms with Crippen LogP contribution >= 0.6 is 0 Å². The van der Waals surface area contributed by atoms with E-state index in [2.05, 4.69) is 196 Å². The predicted octanol–water partition coefficient (Wildman–Crippen LogP) is 13.2. The van der Waals surface area contributed by atoms with E-state index in [1.165, 1.54) is 81.5 Å². The first-order valence-corrected chi connectivity index (χ1v) is 18.9. The number of aromatic nitrogens is 4. The third-order valence-electron chi connectivity index (χ3n) is 12.0. The molecule has 0 aliphatic carbocycles. The summed E-state index contributed by atoms with van der Waals surface area (Å²) >= 11 is 0. The van der Waals surface area contributed by atoms with Crippen LogP contribution in [0.5, 0.6) is 0 Å². The van der Waals surface area contributed by atoms with Crippen molar-refractivity contribution in [2.75, 3.05) is 0 Å². The molecule has 5 heterocycles. The van der Waals surface area contributed by atoms with Gasteiger partial charge in [-0.2, -0.15) is 0 Å². The first-order valence-electron chi connectivity index (χ1n) is 18.9. The molecule has 0 aliphatic rings. The molecule has 0 unspecified atom stereocenters. The number of hydrogen-bond acceptors (Lipinski definition) is 1. The number of nitrogens with zero attached hydrogens (tertiary/aromatic N) is 4. The van der Waals surface area contributed by atoms with Gasteiger partial charge in [-0.05, 0) is 53.4 Å². The van der Waals surface area contributed by atoms with Crippen LogP contribution in [0.2, 0.25) is 0 Å². The zero-order chi connectivity index (χ0) is 35.8. The van der Waals surface area contributed by atoms with Crippen molar-refractivity contribution in [2.45, 2.75) is 0 Å². The van der Waals surface area contributed by atoms with E-state index in [1.54, 1.807) is 0 Å². The molecule has 254 valence electrons. The SMILES string of the molecule is c1ccc(-n2c3ccccc3c3cc(-c4ccccc4-n4c5ccccc5c5c6c7cccc8c9ccc%10ccccc%10c9n(c6cnc54)c87)ccc32)cc1. The van der Waals surface area contributed by atoms with Crippen molar-refractivity contribution in [1.29, 1.82) is 0 Å². The second-order valence-corrected chi connectivity index (χ2v) is 14.7. The van der Waals surface area contributed by atoms with Gasteiger partial charge < -0.3 is 8.97 Å². The summed E-state index contributed by atoms with van der Waals surface area (Å²) in [4.78, 5) is 5.40. The number of benzene rings is 8. The maximum atomic E-state index is 5.40. The Bertz CT molecular complexity index is 3710. The number of fused-ring (bicyclic) bond motifs is 15. The average Bonchev–Trinajstić information content (AvgIpc) is 3.98. The van der Waals surface area contributed by atoms with E-state index in [0.717, 1.165) is 33.6 Å². The Labute approximate surface area is 314 Å². The van der Waals surface area contributed by atoms with Crippen LogP contribution in [0.25, 0.3) is 115 Å². The van der Waals surface area contributed by atoms with Gasteiger partial charge in [-0.1, -0.05) is 133 Å². The molecule has 55 heavy (non-hydrogen) atoms. The number of hydrogen-bond donors (Lipinski definition) is 0. The van der Waals surface area contributed by atoms with Gasteiger partial charge in [-0.25, -0.2) is 4.98 Å². The zero-order valence-corrected chi connectivity index (χ0v) is 29.6. The van der Waals surface area contributed by atoms with E-state index in [0.29, 0.717) is 0 Å². The molecule has 5 aromatic heterocycles. The molecular weight excluding hydrogens is 669 g/mol. The lowest BCUT2D eigenvalue weighted by Gasteiger charge is -2.14. The molecule has 0 spiro atoms. The standard InChI is InChI=1S/C51H30N4/c1-2-14-33(15-3-1)53-43-23-10-7-18-36(43)41-29-32(26-28-45(41)53)34-16-6-9-22-42(34)54-44-24-11-8-19-39(44)48-47-40-21-12-20-37-38-27-25-31-13-4-5-17-35(31)49(38)55(50(37)40)46(47)30-52-51(48)54/h1-30H. The van der Waals surface area contributed by atoms with E-state index in [9.17, 15) is 0 Å². The first kappa shape index (κ1) is 29.1. The van der Waals surface area contributed by atoms with Gasteiger partial charge in [-0.15, -0.1) is 0 Å². The van der Waals surface area contributed by atoms with E-state index in [4.69, 9.17) is 4.98 Å². The van der Waals surface area contributed by atoms with Gasteiger partial charge in [0.05, 0.1) is 45.0 Å². The lowest BCUT2D eigenvalue weighted by atomic mass is 10.0. The van der Waals surface area contributed by atoms with Crippen molar-refractivity contribution in [3.8, 4) is 22.5 Å². The Balaban J connectivity index is 1.11. The summed E-state index contributed by atoms with van der Waals surface area (Å²) in [6.07, 6.45) is 2.11. The summed E-state index contributed by atoms with van der Waals surface area (Å²) in [5.74, 6) is 0. The molecule has 13 aromatic rings. The first-order chi connectivity index (χ1) is 27.3. The van der Waals surface area contributed by atoms with Crippen LogP contribution in [0.1, 0.15) is 0 Å². The highest BCUT2D eigenvalue weighted by Gasteiger charge is 2.25. The van der Waals surface area contributed by atoms with Crippen molar-refractivity contribution in [3.05, 3.63) is 182 Å². The fourth-order valence-electron chi connectivity index (χ4n) is 9.77. The molecule has 4 nitrogen and oxygen atoms in total. The third-order valence-corrected chi connectivity index (χ3v) is 12.0. The summed E-state index contributed by atoms with van der Waals surface area (Å²) in [5.41, 5.74) is 12.8. The minimum Gasteiger partial charge on any atom is -0.309 e. The molecule has 0 N–H and O–H groups in total. The number of para-hydroxylation sites is 5. The predicted molar refractivity (Wildman–Crippen MR) is 231 cm³/mol. The molecule has 0 fully saturated rings.